The summed E-state index contributed by atoms with van der Waals surface area (Å²) in [6, 6.07) is 4.33. The zero-order valence-electron chi connectivity index (χ0n) is 12.6. The van der Waals surface area contributed by atoms with Crippen molar-refractivity contribution in [3.05, 3.63) is 78.0 Å². The van der Waals surface area contributed by atoms with Crippen LogP contribution in [0.3, 0.4) is 0 Å². The Morgan fingerprint density at radius 3 is 2.80 bits per heavy atom. The number of aromatic nitrogens is 4. The molecule has 0 aliphatic carbocycles. The van der Waals surface area contributed by atoms with Crippen LogP contribution < -0.4 is 0 Å². The average Bonchev–Trinajstić information content (AvgIpc) is 3.08. The molecule has 126 valence electrons. The quantitative estimate of drug-likeness (QED) is 0.623. The van der Waals surface area contributed by atoms with E-state index in [0.29, 0.717) is 11.2 Å². The Morgan fingerprint density at radius 2 is 2.04 bits per heavy atom. The highest BCUT2D eigenvalue weighted by Gasteiger charge is 2.14. The molecular weight excluding hydrogens is 353 g/mol. The maximum Gasteiger partial charge on any atom is 0.155 e. The van der Waals surface area contributed by atoms with Gasteiger partial charge in [0.15, 0.2) is 11.5 Å². The molecule has 0 N–H and O–H groups in total. The van der Waals surface area contributed by atoms with E-state index in [2.05, 4.69) is 21.6 Å². The van der Waals surface area contributed by atoms with Crippen LogP contribution >= 0.6 is 11.6 Å². The van der Waals surface area contributed by atoms with Crippen molar-refractivity contribution in [2.24, 2.45) is 0 Å². The number of pyridine rings is 2. The van der Waals surface area contributed by atoms with Crippen LogP contribution in [0.25, 0.3) is 22.6 Å². The van der Waals surface area contributed by atoms with Gasteiger partial charge in [0.2, 0.25) is 0 Å². The van der Waals surface area contributed by atoms with Crippen molar-refractivity contribution in [1.82, 2.24) is 19.6 Å². The zero-order valence-corrected chi connectivity index (χ0v) is 13.4. The molecule has 3 heterocycles. The molecule has 0 aromatic carbocycles. The minimum Gasteiger partial charge on any atom is -0.250 e. The lowest BCUT2D eigenvalue weighted by molar-refractivity contribution is 0.620. The van der Waals surface area contributed by atoms with E-state index >= 15 is 0 Å². The maximum atomic E-state index is 14.5. The molecule has 3 rings (SSSR count). The van der Waals surface area contributed by atoms with Crippen molar-refractivity contribution in [3.63, 3.8) is 0 Å². The molecule has 0 saturated carbocycles. The summed E-state index contributed by atoms with van der Waals surface area (Å²) in [6.45, 7) is 3.21. The predicted molar refractivity (Wildman–Crippen MR) is 89.4 cm³/mol. The van der Waals surface area contributed by atoms with Crippen molar-refractivity contribution in [2.45, 2.75) is 0 Å². The average molecular weight is 363 g/mol. The maximum absolute atomic E-state index is 14.5. The lowest BCUT2D eigenvalue weighted by atomic mass is 10.0. The minimum atomic E-state index is -0.918. The lowest BCUT2D eigenvalue weighted by Gasteiger charge is -2.08. The van der Waals surface area contributed by atoms with Gasteiger partial charge in [-0.2, -0.15) is 5.10 Å². The van der Waals surface area contributed by atoms with Crippen LogP contribution in [0.4, 0.5) is 13.2 Å². The standard InChI is InChI=1S/C17H10ClF3N4/c1-2-14(20)13(18)7-15(21)17-12(6-11(19)8-22-17)10-3-4-25-16(5-10)23-9-24-25/h2-9H,1H2/b14-13-,15-7-. The van der Waals surface area contributed by atoms with Gasteiger partial charge in [-0.3, -0.25) is 4.98 Å². The van der Waals surface area contributed by atoms with Gasteiger partial charge in [-0.05, 0) is 35.9 Å². The molecule has 4 nitrogen and oxygen atoms in total. The van der Waals surface area contributed by atoms with E-state index in [1.165, 1.54) is 10.8 Å². The summed E-state index contributed by atoms with van der Waals surface area (Å²) < 4.78 is 43.0. The van der Waals surface area contributed by atoms with Gasteiger partial charge < -0.3 is 0 Å². The molecule has 0 radical (unpaired) electrons. The largest absolute Gasteiger partial charge is 0.250 e. The van der Waals surface area contributed by atoms with Crippen LogP contribution in [0.1, 0.15) is 5.69 Å². The van der Waals surface area contributed by atoms with E-state index < -0.39 is 22.5 Å². The topological polar surface area (TPSA) is 43.1 Å². The highest BCUT2D eigenvalue weighted by atomic mass is 35.5. The minimum absolute atomic E-state index is 0.169. The molecule has 0 amide bonds. The van der Waals surface area contributed by atoms with E-state index in [0.717, 1.165) is 24.4 Å². The van der Waals surface area contributed by atoms with Gasteiger partial charge in [-0.1, -0.05) is 18.2 Å². The Labute approximate surface area is 145 Å². The van der Waals surface area contributed by atoms with E-state index in [9.17, 15) is 13.2 Å². The summed E-state index contributed by atoms with van der Waals surface area (Å²) >= 11 is 5.66. The number of hydrogen-bond acceptors (Lipinski definition) is 3. The molecule has 0 unspecified atom stereocenters. The normalized spacial score (nSPS) is 13.0. The molecule has 0 aliphatic heterocycles. The summed E-state index contributed by atoms with van der Waals surface area (Å²) in [5.41, 5.74) is 0.950. The zero-order chi connectivity index (χ0) is 18.0. The fourth-order valence-corrected chi connectivity index (χ4v) is 2.35. The summed E-state index contributed by atoms with van der Waals surface area (Å²) in [5, 5.41) is 3.48. The molecule has 0 spiro atoms. The van der Waals surface area contributed by atoms with Gasteiger partial charge in [0.05, 0.1) is 11.2 Å². The summed E-state index contributed by atoms with van der Waals surface area (Å²) in [6.07, 6.45) is 5.43. The first-order chi connectivity index (χ1) is 12.0. The van der Waals surface area contributed by atoms with E-state index in [1.54, 1.807) is 18.3 Å². The second-order valence-electron chi connectivity index (χ2n) is 4.92. The highest BCUT2D eigenvalue weighted by molar-refractivity contribution is 6.32. The van der Waals surface area contributed by atoms with Crippen LogP contribution in [0.5, 0.6) is 0 Å². The number of nitrogens with zero attached hydrogens (tertiary/aromatic N) is 4. The van der Waals surface area contributed by atoms with Crippen LogP contribution in [0, 0.1) is 5.82 Å². The van der Waals surface area contributed by atoms with Gasteiger partial charge in [0.25, 0.3) is 0 Å². The predicted octanol–water partition coefficient (Wildman–Crippen LogP) is 4.85. The Bertz CT molecular complexity index is 1020. The molecule has 0 atom stereocenters. The molecule has 0 bridgehead atoms. The van der Waals surface area contributed by atoms with Crippen LogP contribution in [-0.2, 0) is 0 Å². The van der Waals surface area contributed by atoms with Gasteiger partial charge in [-0.15, -0.1) is 0 Å². The number of halogens is 4. The first kappa shape index (κ1) is 16.9. The summed E-state index contributed by atoms with van der Waals surface area (Å²) in [5.74, 6) is -2.45. The van der Waals surface area contributed by atoms with Crippen molar-refractivity contribution < 1.29 is 13.2 Å². The van der Waals surface area contributed by atoms with Crippen LogP contribution in [-0.4, -0.2) is 19.6 Å². The fourth-order valence-electron chi connectivity index (χ4n) is 2.18. The monoisotopic (exact) mass is 362 g/mol. The first-order valence-electron chi connectivity index (χ1n) is 7.00. The molecule has 0 aliphatic rings. The lowest BCUT2D eigenvalue weighted by Crippen LogP contribution is -1.95. The van der Waals surface area contributed by atoms with Gasteiger partial charge >= 0.3 is 0 Å². The number of fused-ring (bicyclic) bond motifs is 1. The third-order valence-electron chi connectivity index (χ3n) is 3.33. The van der Waals surface area contributed by atoms with Crippen molar-refractivity contribution >= 4 is 23.1 Å². The van der Waals surface area contributed by atoms with E-state index in [-0.39, 0.29) is 11.3 Å². The summed E-state index contributed by atoms with van der Waals surface area (Å²) in [7, 11) is 0. The third-order valence-corrected chi connectivity index (χ3v) is 3.62. The second kappa shape index (κ2) is 6.90. The molecule has 3 aromatic rings. The van der Waals surface area contributed by atoms with E-state index in [1.807, 2.05) is 0 Å². The fraction of sp³-hybridized carbons (Fsp3) is 0. The SMILES string of the molecule is C=C/C(F)=C(Cl)\C=C(/F)c1ncc(F)cc1-c1ccn2ncnc2c1. The molecule has 3 aromatic heterocycles. The van der Waals surface area contributed by atoms with E-state index in [4.69, 9.17) is 11.6 Å². The first-order valence-corrected chi connectivity index (χ1v) is 7.38. The summed E-state index contributed by atoms with van der Waals surface area (Å²) in [4.78, 5) is 7.79. The second-order valence-corrected chi connectivity index (χ2v) is 5.33. The number of rotatable bonds is 4. The molecule has 8 heteroatoms. The van der Waals surface area contributed by atoms with Crippen molar-refractivity contribution in [1.29, 1.82) is 0 Å². The van der Waals surface area contributed by atoms with Crippen LogP contribution in [0.15, 0.2) is 66.5 Å². The smallest absolute Gasteiger partial charge is 0.155 e. The Balaban J connectivity index is 2.15. The Morgan fingerprint density at radius 1 is 1.24 bits per heavy atom. The van der Waals surface area contributed by atoms with Crippen LogP contribution in [0.2, 0.25) is 0 Å². The highest BCUT2D eigenvalue weighted by Crippen LogP contribution is 2.31. The third kappa shape index (κ3) is 3.46. The van der Waals surface area contributed by atoms with Crippen molar-refractivity contribution in [3.8, 4) is 11.1 Å². The van der Waals surface area contributed by atoms with Gasteiger partial charge in [0.1, 0.15) is 23.7 Å². The Hall–Kier alpha value is -2.93. The number of hydrogen-bond donors (Lipinski definition) is 0. The molecular formula is C17H10ClF3N4. The molecule has 0 fully saturated rings. The molecule has 25 heavy (non-hydrogen) atoms. The van der Waals surface area contributed by atoms with Gasteiger partial charge in [-0.25, -0.2) is 22.7 Å². The van der Waals surface area contributed by atoms with Crippen molar-refractivity contribution in [2.75, 3.05) is 0 Å². The Kier molecular flexibility index (Phi) is 4.67. The number of allylic oxidation sites excluding steroid dienone is 4. The van der Waals surface area contributed by atoms with Gasteiger partial charge in [0, 0.05) is 11.8 Å². The molecule has 0 saturated heterocycles.